The SMILES string of the molecule is CCCOc1cccc(C2C(C(=O)C=Cc3ccccc3)=C(O)C(=O)N2Cc2ccco2)c1. The van der Waals surface area contributed by atoms with Gasteiger partial charge in [-0.15, -0.1) is 0 Å². The van der Waals surface area contributed by atoms with Gasteiger partial charge < -0.3 is 19.2 Å². The second kappa shape index (κ2) is 10.0. The minimum absolute atomic E-state index is 0.0337. The maximum absolute atomic E-state index is 13.2. The monoisotopic (exact) mass is 443 g/mol. The number of nitrogens with zero attached hydrogens (tertiary/aromatic N) is 1. The van der Waals surface area contributed by atoms with Crippen LogP contribution in [0.5, 0.6) is 5.75 Å². The van der Waals surface area contributed by atoms with E-state index in [2.05, 4.69) is 0 Å². The van der Waals surface area contributed by atoms with Crippen molar-refractivity contribution in [1.29, 1.82) is 0 Å². The molecule has 0 spiro atoms. The Kier molecular flexibility index (Phi) is 6.74. The van der Waals surface area contributed by atoms with Gasteiger partial charge in [0.15, 0.2) is 11.5 Å². The Morgan fingerprint density at radius 3 is 2.67 bits per heavy atom. The van der Waals surface area contributed by atoms with E-state index >= 15 is 0 Å². The van der Waals surface area contributed by atoms with Gasteiger partial charge >= 0.3 is 0 Å². The molecule has 4 rings (SSSR count). The highest BCUT2D eigenvalue weighted by Gasteiger charge is 2.43. The molecule has 2 aromatic carbocycles. The topological polar surface area (TPSA) is 80.0 Å². The normalized spacial score (nSPS) is 16.1. The van der Waals surface area contributed by atoms with Crippen molar-refractivity contribution in [2.45, 2.75) is 25.9 Å². The zero-order valence-electron chi connectivity index (χ0n) is 18.3. The molecule has 3 aromatic rings. The fourth-order valence-electron chi connectivity index (χ4n) is 3.81. The van der Waals surface area contributed by atoms with E-state index in [1.807, 2.05) is 55.5 Å². The maximum atomic E-state index is 13.2. The summed E-state index contributed by atoms with van der Waals surface area (Å²) in [6.45, 7) is 2.68. The molecule has 168 valence electrons. The van der Waals surface area contributed by atoms with Crippen LogP contribution in [0.25, 0.3) is 6.08 Å². The lowest BCUT2D eigenvalue weighted by atomic mass is 9.95. The van der Waals surface area contributed by atoms with E-state index in [0.29, 0.717) is 23.7 Å². The van der Waals surface area contributed by atoms with Gasteiger partial charge in [-0.2, -0.15) is 0 Å². The van der Waals surface area contributed by atoms with E-state index in [1.54, 1.807) is 24.3 Å². The molecule has 6 nitrogen and oxygen atoms in total. The maximum Gasteiger partial charge on any atom is 0.290 e. The quantitative estimate of drug-likeness (QED) is 0.457. The van der Waals surface area contributed by atoms with E-state index < -0.39 is 23.5 Å². The summed E-state index contributed by atoms with van der Waals surface area (Å²) in [4.78, 5) is 27.7. The highest BCUT2D eigenvalue weighted by Crippen LogP contribution is 2.40. The Balaban J connectivity index is 1.71. The van der Waals surface area contributed by atoms with Crippen molar-refractivity contribution in [2.24, 2.45) is 0 Å². The number of carbonyl (C=O) groups excluding carboxylic acids is 2. The van der Waals surface area contributed by atoms with Crippen LogP contribution in [0.15, 0.2) is 94.8 Å². The summed E-state index contributed by atoms with van der Waals surface area (Å²) in [7, 11) is 0. The summed E-state index contributed by atoms with van der Waals surface area (Å²) in [6, 6.07) is 19.3. The number of ether oxygens (including phenoxy) is 1. The van der Waals surface area contributed by atoms with Crippen LogP contribution in [0.4, 0.5) is 0 Å². The zero-order valence-corrected chi connectivity index (χ0v) is 18.3. The number of carbonyl (C=O) groups is 2. The van der Waals surface area contributed by atoms with Crippen molar-refractivity contribution >= 4 is 17.8 Å². The Bertz CT molecular complexity index is 1180. The molecule has 6 heteroatoms. The molecular weight excluding hydrogens is 418 g/mol. The van der Waals surface area contributed by atoms with Crippen molar-refractivity contribution in [3.63, 3.8) is 0 Å². The van der Waals surface area contributed by atoms with Crippen molar-refractivity contribution in [3.8, 4) is 5.75 Å². The molecule has 0 saturated carbocycles. The largest absolute Gasteiger partial charge is 0.503 e. The van der Waals surface area contributed by atoms with Crippen LogP contribution in [-0.4, -0.2) is 28.3 Å². The standard InChI is InChI=1S/C27H25NO5/c1-2-15-32-21-11-6-10-20(17-21)25-24(23(29)14-13-19-8-4-3-5-9-19)26(30)27(31)28(25)18-22-12-7-16-33-22/h3-14,16-17,25,30H,2,15,18H2,1H3. The Morgan fingerprint density at radius 2 is 1.94 bits per heavy atom. The van der Waals surface area contributed by atoms with Gasteiger partial charge in [0, 0.05) is 0 Å². The second-order valence-corrected chi connectivity index (χ2v) is 7.71. The van der Waals surface area contributed by atoms with Crippen molar-refractivity contribution < 1.29 is 23.8 Å². The predicted octanol–water partition coefficient (Wildman–Crippen LogP) is 5.25. The lowest BCUT2D eigenvalue weighted by Crippen LogP contribution is -2.30. The number of aliphatic hydroxyl groups excluding tert-OH is 1. The fourth-order valence-corrected chi connectivity index (χ4v) is 3.81. The van der Waals surface area contributed by atoms with Crippen LogP contribution < -0.4 is 4.74 Å². The molecule has 1 aliphatic heterocycles. The number of amides is 1. The van der Waals surface area contributed by atoms with Crippen molar-refractivity contribution in [2.75, 3.05) is 6.61 Å². The molecule has 1 N–H and O–H groups in total. The van der Waals surface area contributed by atoms with Gasteiger partial charge in [-0.1, -0.05) is 55.5 Å². The minimum Gasteiger partial charge on any atom is -0.503 e. The summed E-state index contributed by atoms with van der Waals surface area (Å²) in [5.74, 6) is -0.413. The highest BCUT2D eigenvalue weighted by atomic mass is 16.5. The molecule has 1 unspecified atom stereocenters. The fraction of sp³-hybridized carbons (Fsp3) is 0.185. The third-order valence-corrected chi connectivity index (χ3v) is 5.35. The van der Waals surface area contributed by atoms with Gasteiger partial charge in [-0.3, -0.25) is 9.59 Å². The smallest absolute Gasteiger partial charge is 0.290 e. The van der Waals surface area contributed by atoms with Crippen LogP contribution in [0.1, 0.15) is 36.3 Å². The van der Waals surface area contributed by atoms with E-state index in [-0.39, 0.29) is 12.1 Å². The number of rotatable bonds is 9. The van der Waals surface area contributed by atoms with Crippen LogP contribution >= 0.6 is 0 Å². The van der Waals surface area contributed by atoms with E-state index in [1.165, 1.54) is 17.2 Å². The van der Waals surface area contributed by atoms with Crippen LogP contribution in [0.2, 0.25) is 0 Å². The number of benzene rings is 2. The van der Waals surface area contributed by atoms with Gasteiger partial charge in [0.1, 0.15) is 11.5 Å². The van der Waals surface area contributed by atoms with Gasteiger partial charge in [0.2, 0.25) is 0 Å². The lowest BCUT2D eigenvalue weighted by molar-refractivity contribution is -0.130. The average Bonchev–Trinajstić information content (AvgIpc) is 3.44. The first-order valence-corrected chi connectivity index (χ1v) is 10.8. The third-order valence-electron chi connectivity index (χ3n) is 5.35. The number of furan rings is 1. The molecule has 0 radical (unpaired) electrons. The third kappa shape index (κ3) is 4.90. The van der Waals surface area contributed by atoms with E-state index in [0.717, 1.165) is 12.0 Å². The van der Waals surface area contributed by atoms with E-state index in [4.69, 9.17) is 9.15 Å². The predicted molar refractivity (Wildman–Crippen MR) is 124 cm³/mol. The molecule has 0 saturated heterocycles. The number of allylic oxidation sites excluding steroid dienone is 1. The van der Waals surface area contributed by atoms with Crippen molar-refractivity contribution in [1.82, 2.24) is 4.90 Å². The number of ketones is 1. The van der Waals surface area contributed by atoms with Crippen LogP contribution in [0.3, 0.4) is 0 Å². The molecule has 1 atom stereocenters. The molecule has 2 heterocycles. The second-order valence-electron chi connectivity index (χ2n) is 7.71. The molecule has 1 aliphatic rings. The lowest BCUT2D eigenvalue weighted by Gasteiger charge is -2.26. The van der Waals surface area contributed by atoms with Gasteiger partial charge in [0.25, 0.3) is 5.91 Å². The zero-order chi connectivity index (χ0) is 23.2. The molecule has 33 heavy (non-hydrogen) atoms. The molecular formula is C27H25NO5. The van der Waals surface area contributed by atoms with Gasteiger partial charge in [-0.05, 0) is 47.9 Å². The number of hydrogen-bond donors (Lipinski definition) is 1. The van der Waals surface area contributed by atoms with Crippen LogP contribution in [-0.2, 0) is 16.1 Å². The summed E-state index contributed by atoms with van der Waals surface area (Å²) < 4.78 is 11.2. The van der Waals surface area contributed by atoms with E-state index in [9.17, 15) is 14.7 Å². The Morgan fingerprint density at radius 1 is 1.12 bits per heavy atom. The number of aliphatic hydroxyl groups is 1. The van der Waals surface area contributed by atoms with Gasteiger partial charge in [-0.25, -0.2) is 0 Å². The molecule has 1 aromatic heterocycles. The number of hydrogen-bond acceptors (Lipinski definition) is 5. The highest BCUT2D eigenvalue weighted by molar-refractivity contribution is 6.14. The first-order valence-electron chi connectivity index (χ1n) is 10.8. The van der Waals surface area contributed by atoms with Gasteiger partial charge in [0.05, 0.1) is 31.0 Å². The van der Waals surface area contributed by atoms with Crippen LogP contribution in [0, 0.1) is 0 Å². The first kappa shape index (κ1) is 22.1. The summed E-state index contributed by atoms with van der Waals surface area (Å²) in [6.07, 6.45) is 5.42. The summed E-state index contributed by atoms with van der Waals surface area (Å²) in [5, 5.41) is 10.7. The first-order chi connectivity index (χ1) is 16.1. The average molecular weight is 443 g/mol. The Labute approximate surface area is 192 Å². The summed E-state index contributed by atoms with van der Waals surface area (Å²) in [5.41, 5.74) is 1.55. The molecule has 0 aliphatic carbocycles. The molecule has 1 amide bonds. The minimum atomic E-state index is -0.777. The Hall–Kier alpha value is -4.06. The molecule has 0 bridgehead atoms. The molecule has 0 fully saturated rings. The van der Waals surface area contributed by atoms with Crippen molar-refractivity contribution in [3.05, 3.63) is 107 Å². The summed E-state index contributed by atoms with van der Waals surface area (Å²) >= 11 is 0.